The van der Waals surface area contributed by atoms with Crippen molar-refractivity contribution in [1.82, 2.24) is 10.6 Å². The maximum absolute atomic E-state index is 12.8. The lowest BCUT2D eigenvalue weighted by Crippen LogP contribution is -2.43. The van der Waals surface area contributed by atoms with E-state index < -0.39 is 0 Å². The molecular weight excluding hydrogens is 416 g/mol. The molecular formula is C24H39ClN2O4. The first-order valence-electron chi connectivity index (χ1n) is 11.2. The van der Waals surface area contributed by atoms with E-state index in [1.165, 1.54) is 44.9 Å². The number of amides is 1. The van der Waals surface area contributed by atoms with Crippen LogP contribution in [-0.4, -0.2) is 57.1 Å². The minimum atomic E-state index is -0.126. The number of carbonyl (C=O) groups is 1. The molecule has 0 aliphatic heterocycles. The lowest BCUT2D eigenvalue weighted by Gasteiger charge is -2.45. The number of hydrogen-bond donors (Lipinski definition) is 3. The fourth-order valence-corrected chi connectivity index (χ4v) is 5.07. The Kier molecular flexibility index (Phi) is 11.1. The molecule has 2 aliphatic rings. The van der Waals surface area contributed by atoms with Crippen LogP contribution >= 0.6 is 11.6 Å². The number of fused-ring (bicyclic) bond motifs is 2. The second-order valence-electron chi connectivity index (χ2n) is 8.61. The molecule has 3 N–H and O–H groups in total. The molecule has 31 heavy (non-hydrogen) atoms. The van der Waals surface area contributed by atoms with E-state index in [1.807, 2.05) is 0 Å². The van der Waals surface area contributed by atoms with Crippen LogP contribution in [0.1, 0.15) is 62.7 Å². The minimum absolute atomic E-state index is 0. The lowest BCUT2D eigenvalue weighted by molar-refractivity contribution is 0.0681. The number of aliphatic hydroxyl groups excluding tert-OH is 1. The van der Waals surface area contributed by atoms with Crippen LogP contribution < -0.4 is 15.4 Å². The summed E-state index contributed by atoms with van der Waals surface area (Å²) in [6.07, 6.45) is 8.95. The van der Waals surface area contributed by atoms with Crippen molar-refractivity contribution in [2.75, 3.05) is 46.1 Å². The standard InChI is InChI=1S/C23H35ClN2O4.CH4/c24-21-6-5-19(30-14-13-29-12-10-25-9-11-27)15-20(21)22(28)26-17-23-7-1-3-18(16-23)4-2-8-23;/h5-6,15,18,25,27H,1-4,7-14,16-17H2,(H,26,28);1H4. The van der Waals surface area contributed by atoms with Gasteiger partial charge in [0.25, 0.3) is 5.91 Å². The van der Waals surface area contributed by atoms with Crippen LogP contribution in [0.25, 0.3) is 0 Å². The maximum Gasteiger partial charge on any atom is 0.252 e. The van der Waals surface area contributed by atoms with Crippen molar-refractivity contribution in [1.29, 1.82) is 0 Å². The van der Waals surface area contributed by atoms with Gasteiger partial charge in [-0.15, -0.1) is 0 Å². The molecule has 6 nitrogen and oxygen atoms in total. The third-order valence-corrected chi connectivity index (χ3v) is 6.70. The van der Waals surface area contributed by atoms with Crippen LogP contribution in [0.3, 0.4) is 0 Å². The van der Waals surface area contributed by atoms with E-state index in [2.05, 4.69) is 10.6 Å². The molecule has 0 saturated heterocycles. The van der Waals surface area contributed by atoms with Gasteiger partial charge in [-0.2, -0.15) is 0 Å². The van der Waals surface area contributed by atoms with Crippen LogP contribution in [0, 0.1) is 11.3 Å². The molecule has 0 atom stereocenters. The quantitative estimate of drug-likeness (QED) is 0.415. The predicted molar refractivity (Wildman–Crippen MR) is 125 cm³/mol. The van der Waals surface area contributed by atoms with Gasteiger partial charge in [-0.1, -0.05) is 44.7 Å². The summed E-state index contributed by atoms with van der Waals surface area (Å²) < 4.78 is 11.2. The first kappa shape index (κ1) is 25.9. The molecule has 1 amide bonds. The van der Waals surface area contributed by atoms with Gasteiger partial charge in [-0.25, -0.2) is 0 Å². The highest BCUT2D eigenvalue weighted by atomic mass is 35.5. The van der Waals surface area contributed by atoms with Crippen LogP contribution in [0.15, 0.2) is 18.2 Å². The number of nitrogens with one attached hydrogen (secondary N) is 2. The number of hydrogen-bond acceptors (Lipinski definition) is 5. The third-order valence-electron chi connectivity index (χ3n) is 6.38. The second kappa shape index (κ2) is 13.3. The van der Waals surface area contributed by atoms with E-state index in [-0.39, 0.29) is 25.4 Å². The zero-order valence-electron chi connectivity index (χ0n) is 17.8. The average Bonchev–Trinajstić information content (AvgIpc) is 2.75. The van der Waals surface area contributed by atoms with Crippen molar-refractivity contribution in [3.63, 3.8) is 0 Å². The largest absolute Gasteiger partial charge is 0.491 e. The van der Waals surface area contributed by atoms with Crippen molar-refractivity contribution in [2.24, 2.45) is 11.3 Å². The molecule has 2 saturated carbocycles. The highest BCUT2D eigenvalue weighted by molar-refractivity contribution is 6.33. The van der Waals surface area contributed by atoms with Crippen LogP contribution in [-0.2, 0) is 4.74 Å². The first-order chi connectivity index (χ1) is 14.6. The molecule has 0 heterocycles. The Labute approximate surface area is 192 Å². The van der Waals surface area contributed by atoms with Gasteiger partial charge in [0.2, 0.25) is 0 Å². The fraction of sp³-hybridized carbons (Fsp3) is 0.708. The van der Waals surface area contributed by atoms with E-state index in [4.69, 9.17) is 26.2 Å². The molecule has 1 aromatic carbocycles. The highest BCUT2D eigenvalue weighted by Crippen LogP contribution is 2.48. The number of carbonyl (C=O) groups excluding carboxylic acids is 1. The summed E-state index contributed by atoms with van der Waals surface area (Å²) in [7, 11) is 0. The summed E-state index contributed by atoms with van der Waals surface area (Å²) in [6, 6.07) is 5.19. The Morgan fingerprint density at radius 1 is 1.16 bits per heavy atom. The molecule has 0 radical (unpaired) electrons. The number of ether oxygens (including phenoxy) is 2. The van der Waals surface area contributed by atoms with Gasteiger partial charge >= 0.3 is 0 Å². The van der Waals surface area contributed by atoms with E-state index in [9.17, 15) is 4.79 Å². The zero-order chi connectivity index (χ0) is 21.2. The van der Waals surface area contributed by atoms with Gasteiger partial charge in [-0.3, -0.25) is 4.79 Å². The Morgan fingerprint density at radius 3 is 2.68 bits per heavy atom. The molecule has 2 fully saturated rings. The van der Waals surface area contributed by atoms with Crippen LogP contribution in [0.5, 0.6) is 5.75 Å². The van der Waals surface area contributed by atoms with Gasteiger partial charge in [0.05, 0.1) is 30.4 Å². The molecule has 2 aliphatic carbocycles. The van der Waals surface area contributed by atoms with Gasteiger partial charge < -0.3 is 25.2 Å². The summed E-state index contributed by atoms with van der Waals surface area (Å²) in [5, 5.41) is 15.3. The third kappa shape index (κ3) is 7.94. The topological polar surface area (TPSA) is 79.8 Å². The van der Waals surface area contributed by atoms with Gasteiger partial charge in [-0.05, 0) is 48.8 Å². The predicted octanol–water partition coefficient (Wildman–Crippen LogP) is 4.04. The Bertz CT molecular complexity index is 676. The van der Waals surface area contributed by atoms with Crippen molar-refractivity contribution in [3.8, 4) is 5.75 Å². The second-order valence-corrected chi connectivity index (χ2v) is 9.02. The number of halogens is 1. The van der Waals surface area contributed by atoms with E-state index in [0.717, 1.165) is 12.5 Å². The molecule has 3 rings (SSSR count). The summed E-state index contributed by atoms with van der Waals surface area (Å²) >= 11 is 6.29. The van der Waals surface area contributed by atoms with Gasteiger partial charge in [0, 0.05) is 19.6 Å². The van der Waals surface area contributed by atoms with Crippen molar-refractivity contribution in [2.45, 2.75) is 52.4 Å². The summed E-state index contributed by atoms with van der Waals surface area (Å²) in [5.41, 5.74) is 0.740. The number of aliphatic hydroxyl groups is 1. The molecule has 0 spiro atoms. The van der Waals surface area contributed by atoms with Crippen LogP contribution in [0.2, 0.25) is 5.02 Å². The summed E-state index contributed by atoms with van der Waals surface area (Å²) in [6.45, 7) is 3.52. The maximum atomic E-state index is 12.8. The average molecular weight is 455 g/mol. The molecule has 176 valence electrons. The van der Waals surface area contributed by atoms with Gasteiger partial charge in [0.1, 0.15) is 12.4 Å². The summed E-state index contributed by atoms with van der Waals surface area (Å²) in [4.78, 5) is 12.8. The SMILES string of the molecule is C.O=C(NCC12CCCC(CCC1)C2)c1cc(OCCOCCNCCO)ccc1Cl. The van der Waals surface area contributed by atoms with Crippen molar-refractivity contribution >= 4 is 17.5 Å². The van der Waals surface area contributed by atoms with Crippen LogP contribution in [0.4, 0.5) is 0 Å². The van der Waals surface area contributed by atoms with E-state index in [1.54, 1.807) is 18.2 Å². The minimum Gasteiger partial charge on any atom is -0.491 e. The normalized spacial score (nSPS) is 22.5. The smallest absolute Gasteiger partial charge is 0.252 e. The van der Waals surface area contributed by atoms with E-state index >= 15 is 0 Å². The summed E-state index contributed by atoms with van der Waals surface area (Å²) in [5.74, 6) is 1.33. The molecule has 0 aromatic heterocycles. The Balaban J connectivity index is 0.00000341. The zero-order valence-corrected chi connectivity index (χ0v) is 18.5. The lowest BCUT2D eigenvalue weighted by atomic mass is 9.62. The van der Waals surface area contributed by atoms with E-state index in [0.29, 0.717) is 49.2 Å². The number of rotatable bonds is 12. The first-order valence-corrected chi connectivity index (χ1v) is 11.6. The Hall–Kier alpha value is -1.34. The highest BCUT2D eigenvalue weighted by Gasteiger charge is 2.39. The molecule has 7 heteroatoms. The Morgan fingerprint density at radius 2 is 1.94 bits per heavy atom. The molecule has 2 bridgehead atoms. The van der Waals surface area contributed by atoms with Crippen molar-refractivity contribution in [3.05, 3.63) is 28.8 Å². The van der Waals surface area contributed by atoms with Gasteiger partial charge in [0.15, 0.2) is 0 Å². The molecule has 1 aromatic rings. The fourth-order valence-electron chi connectivity index (χ4n) is 4.87. The monoisotopic (exact) mass is 454 g/mol. The number of benzene rings is 1. The van der Waals surface area contributed by atoms with Crippen molar-refractivity contribution < 1.29 is 19.4 Å². The molecule has 0 unspecified atom stereocenters.